The lowest BCUT2D eigenvalue weighted by Crippen LogP contribution is -2.37. The Morgan fingerprint density at radius 3 is 2.79 bits per heavy atom. The normalized spacial score (nSPS) is 16.2. The van der Waals surface area contributed by atoms with E-state index in [4.69, 9.17) is 9.47 Å². The lowest BCUT2D eigenvalue weighted by atomic mass is 9.97. The first-order valence-electron chi connectivity index (χ1n) is 9.46. The topological polar surface area (TPSA) is 93.7 Å². The summed E-state index contributed by atoms with van der Waals surface area (Å²) >= 11 is 1.32. The Morgan fingerprint density at radius 2 is 2.00 bits per heavy atom. The summed E-state index contributed by atoms with van der Waals surface area (Å²) in [5.41, 5.74) is 0.619. The molecule has 2 amide bonds. The Hall–Kier alpha value is -2.68. The van der Waals surface area contributed by atoms with Gasteiger partial charge in [0.25, 0.3) is 5.91 Å². The van der Waals surface area contributed by atoms with Gasteiger partial charge in [0.2, 0.25) is 17.7 Å². The van der Waals surface area contributed by atoms with E-state index in [0.29, 0.717) is 28.6 Å². The Balaban J connectivity index is 1.35. The molecule has 9 heteroatoms. The number of benzene rings is 1. The van der Waals surface area contributed by atoms with Crippen LogP contribution in [0.3, 0.4) is 0 Å². The molecule has 1 aromatic heterocycles. The van der Waals surface area contributed by atoms with E-state index in [-0.39, 0.29) is 24.5 Å². The zero-order valence-electron chi connectivity index (χ0n) is 15.6. The van der Waals surface area contributed by atoms with Crippen LogP contribution in [0, 0.1) is 0 Å². The predicted octanol–water partition coefficient (Wildman–Crippen LogP) is 3.03. The molecule has 1 fully saturated rings. The number of nitrogens with zero attached hydrogens (tertiary/aromatic N) is 3. The van der Waals surface area contributed by atoms with Gasteiger partial charge in [0.1, 0.15) is 5.01 Å². The molecule has 1 saturated heterocycles. The van der Waals surface area contributed by atoms with E-state index >= 15 is 0 Å². The first-order chi connectivity index (χ1) is 13.6. The van der Waals surface area contributed by atoms with Gasteiger partial charge in [-0.25, -0.2) is 0 Å². The van der Waals surface area contributed by atoms with Crippen LogP contribution in [0.5, 0.6) is 11.5 Å². The Morgan fingerprint density at radius 1 is 1.21 bits per heavy atom. The van der Waals surface area contributed by atoms with Crippen LogP contribution in [-0.2, 0) is 4.79 Å². The molecule has 0 saturated carbocycles. The number of hydrogen-bond acceptors (Lipinski definition) is 7. The van der Waals surface area contributed by atoms with E-state index in [1.54, 1.807) is 18.2 Å². The molecular formula is C19H22N4O4S. The molecule has 2 aliphatic rings. The van der Waals surface area contributed by atoms with E-state index in [1.165, 1.54) is 11.3 Å². The summed E-state index contributed by atoms with van der Waals surface area (Å²) in [4.78, 5) is 26.4. The van der Waals surface area contributed by atoms with Crippen molar-refractivity contribution < 1.29 is 19.1 Å². The van der Waals surface area contributed by atoms with E-state index < -0.39 is 0 Å². The number of nitrogens with one attached hydrogen (secondary N) is 1. The van der Waals surface area contributed by atoms with Crippen LogP contribution in [0.25, 0.3) is 0 Å². The highest BCUT2D eigenvalue weighted by molar-refractivity contribution is 7.13. The van der Waals surface area contributed by atoms with Crippen LogP contribution in [-0.4, -0.2) is 46.8 Å². The van der Waals surface area contributed by atoms with Crippen LogP contribution in [0.1, 0.15) is 53.3 Å². The minimum absolute atomic E-state index is 0.190. The molecule has 0 aliphatic carbocycles. The number of amides is 2. The zero-order valence-corrected chi connectivity index (χ0v) is 16.5. The molecule has 0 atom stereocenters. The van der Waals surface area contributed by atoms with Gasteiger partial charge in [-0.1, -0.05) is 18.3 Å². The number of likely N-dealkylation sites (tertiary alicyclic amines) is 1. The smallest absolute Gasteiger partial charge is 0.286 e. The highest BCUT2D eigenvalue weighted by Gasteiger charge is 2.27. The van der Waals surface area contributed by atoms with Crippen molar-refractivity contribution in [1.82, 2.24) is 15.1 Å². The molecule has 0 radical (unpaired) electrons. The maximum Gasteiger partial charge on any atom is 0.286 e. The van der Waals surface area contributed by atoms with Crippen LogP contribution in [0.2, 0.25) is 0 Å². The van der Waals surface area contributed by atoms with Crippen molar-refractivity contribution in [3.05, 3.63) is 28.2 Å². The standard InChI is InChI=1S/C19H22N4O4S/c1-2-3-16(24)23-8-6-12(7-9-23)18-21-22-19(28-18)17(25)20-13-4-5-14-15(10-13)27-11-26-14/h4-5,10,12H,2-3,6-9,11H2,1H3,(H,20,25). The van der Waals surface area contributed by atoms with Gasteiger partial charge in [0, 0.05) is 37.2 Å². The summed E-state index contributed by atoms with van der Waals surface area (Å²) in [6, 6.07) is 5.25. The Kier molecular flexibility index (Phi) is 5.43. The second-order valence-electron chi connectivity index (χ2n) is 6.87. The third-order valence-corrected chi connectivity index (χ3v) is 6.01. The molecule has 8 nitrogen and oxygen atoms in total. The van der Waals surface area contributed by atoms with Crippen LogP contribution < -0.4 is 14.8 Å². The number of aromatic nitrogens is 2. The molecule has 0 spiro atoms. The summed E-state index contributed by atoms with van der Waals surface area (Å²) in [5, 5.41) is 12.3. The second-order valence-corrected chi connectivity index (χ2v) is 7.88. The maximum absolute atomic E-state index is 12.5. The third-order valence-electron chi connectivity index (χ3n) is 4.93. The molecule has 28 heavy (non-hydrogen) atoms. The average molecular weight is 402 g/mol. The maximum atomic E-state index is 12.5. The van der Waals surface area contributed by atoms with Gasteiger partial charge in [-0.15, -0.1) is 10.2 Å². The summed E-state index contributed by atoms with van der Waals surface area (Å²) in [6.45, 7) is 3.68. The minimum Gasteiger partial charge on any atom is -0.454 e. The molecule has 148 valence electrons. The van der Waals surface area contributed by atoms with Gasteiger partial charge in [-0.3, -0.25) is 9.59 Å². The van der Waals surface area contributed by atoms with Crippen molar-refractivity contribution >= 4 is 28.8 Å². The first-order valence-corrected chi connectivity index (χ1v) is 10.3. The fourth-order valence-electron chi connectivity index (χ4n) is 3.40. The van der Waals surface area contributed by atoms with Gasteiger partial charge in [0.05, 0.1) is 0 Å². The van der Waals surface area contributed by atoms with E-state index in [9.17, 15) is 9.59 Å². The SMILES string of the molecule is CCCC(=O)N1CCC(c2nnc(C(=O)Nc3ccc4c(c3)OCO4)s2)CC1. The van der Waals surface area contributed by atoms with E-state index in [1.807, 2.05) is 11.8 Å². The van der Waals surface area contributed by atoms with Crippen molar-refractivity contribution in [2.45, 2.75) is 38.5 Å². The molecule has 0 unspecified atom stereocenters. The van der Waals surface area contributed by atoms with Crippen LogP contribution >= 0.6 is 11.3 Å². The minimum atomic E-state index is -0.293. The lowest BCUT2D eigenvalue weighted by molar-refractivity contribution is -0.132. The summed E-state index contributed by atoms with van der Waals surface area (Å²) < 4.78 is 10.6. The zero-order chi connectivity index (χ0) is 19.5. The monoisotopic (exact) mass is 402 g/mol. The molecule has 4 rings (SSSR count). The van der Waals surface area contributed by atoms with Crippen molar-refractivity contribution in [3.8, 4) is 11.5 Å². The number of ether oxygens (including phenoxy) is 2. The van der Waals surface area contributed by atoms with Gasteiger partial charge in [-0.2, -0.15) is 0 Å². The molecular weight excluding hydrogens is 380 g/mol. The predicted molar refractivity (Wildman–Crippen MR) is 104 cm³/mol. The third kappa shape index (κ3) is 3.94. The second kappa shape index (κ2) is 8.14. The Bertz CT molecular complexity index is 877. The van der Waals surface area contributed by atoms with Gasteiger partial charge in [-0.05, 0) is 31.4 Å². The average Bonchev–Trinajstić information content (AvgIpc) is 3.37. The number of fused-ring (bicyclic) bond motifs is 1. The van der Waals surface area contributed by atoms with Crippen molar-refractivity contribution in [2.24, 2.45) is 0 Å². The molecule has 3 heterocycles. The molecule has 1 N–H and O–H groups in total. The summed E-state index contributed by atoms with van der Waals surface area (Å²) in [7, 11) is 0. The fourth-order valence-corrected chi connectivity index (χ4v) is 4.31. The van der Waals surface area contributed by atoms with Crippen molar-refractivity contribution in [2.75, 3.05) is 25.2 Å². The highest BCUT2D eigenvalue weighted by atomic mass is 32.1. The van der Waals surface area contributed by atoms with Crippen molar-refractivity contribution in [1.29, 1.82) is 0 Å². The first kappa shape index (κ1) is 18.7. The molecule has 2 aromatic rings. The van der Waals surface area contributed by atoms with E-state index in [0.717, 1.165) is 37.4 Å². The number of carbonyl (C=O) groups is 2. The van der Waals surface area contributed by atoms with Gasteiger partial charge >= 0.3 is 0 Å². The molecule has 2 aliphatic heterocycles. The number of hydrogen-bond donors (Lipinski definition) is 1. The van der Waals surface area contributed by atoms with E-state index in [2.05, 4.69) is 15.5 Å². The van der Waals surface area contributed by atoms with Gasteiger partial charge < -0.3 is 19.7 Å². The van der Waals surface area contributed by atoms with Crippen LogP contribution in [0.4, 0.5) is 5.69 Å². The van der Waals surface area contributed by atoms with Crippen molar-refractivity contribution in [3.63, 3.8) is 0 Å². The molecule has 0 bridgehead atoms. The number of carbonyl (C=O) groups excluding carboxylic acids is 2. The largest absolute Gasteiger partial charge is 0.454 e. The highest BCUT2D eigenvalue weighted by Crippen LogP contribution is 2.35. The quantitative estimate of drug-likeness (QED) is 0.826. The summed E-state index contributed by atoms with van der Waals surface area (Å²) in [6.07, 6.45) is 3.19. The van der Waals surface area contributed by atoms with Gasteiger partial charge in [0.15, 0.2) is 11.5 Å². The lowest BCUT2D eigenvalue weighted by Gasteiger charge is -2.30. The van der Waals surface area contributed by atoms with Crippen LogP contribution in [0.15, 0.2) is 18.2 Å². The number of rotatable bonds is 5. The molecule has 1 aromatic carbocycles. The summed E-state index contributed by atoms with van der Waals surface area (Å²) in [5.74, 6) is 1.45. The fraction of sp³-hybridized carbons (Fsp3) is 0.474. The number of anilines is 1. The Labute approximate surface area is 166 Å². The number of piperidine rings is 1.